The minimum absolute atomic E-state index is 0.259. The van der Waals surface area contributed by atoms with Gasteiger partial charge in [-0.2, -0.15) is 0 Å². The Labute approximate surface area is 135 Å². The zero-order valence-electron chi connectivity index (χ0n) is 14.8. The largest absolute Gasteiger partial charge is 0.497 e. The average molecular weight is 305 g/mol. The predicted octanol–water partition coefficient (Wildman–Crippen LogP) is 4.47. The molecule has 0 saturated carbocycles. The van der Waals surface area contributed by atoms with E-state index in [1.807, 2.05) is 17.0 Å². The zero-order valence-corrected chi connectivity index (χ0v) is 14.8. The Balaban J connectivity index is 2.83. The van der Waals surface area contributed by atoms with Crippen LogP contribution in [0.3, 0.4) is 0 Å². The van der Waals surface area contributed by atoms with Crippen molar-refractivity contribution in [2.45, 2.75) is 52.9 Å². The molecule has 1 aromatic rings. The lowest BCUT2D eigenvalue weighted by molar-refractivity contribution is -0.132. The maximum absolute atomic E-state index is 12.6. The van der Waals surface area contributed by atoms with Crippen LogP contribution >= 0.6 is 0 Å². The van der Waals surface area contributed by atoms with E-state index in [1.54, 1.807) is 7.11 Å². The molecule has 0 radical (unpaired) electrons. The van der Waals surface area contributed by atoms with Gasteiger partial charge in [0.15, 0.2) is 0 Å². The fraction of sp³-hybridized carbons (Fsp3) is 0.632. The number of hydrogen-bond donors (Lipinski definition) is 0. The fourth-order valence-electron chi connectivity index (χ4n) is 2.81. The molecule has 0 aliphatic heterocycles. The molecule has 3 nitrogen and oxygen atoms in total. The van der Waals surface area contributed by atoms with Gasteiger partial charge in [-0.15, -0.1) is 0 Å². The van der Waals surface area contributed by atoms with Crippen molar-refractivity contribution >= 4 is 5.91 Å². The Hall–Kier alpha value is -1.51. The Morgan fingerprint density at radius 1 is 1.09 bits per heavy atom. The van der Waals surface area contributed by atoms with Crippen LogP contribution in [0.15, 0.2) is 24.3 Å². The highest BCUT2D eigenvalue weighted by Crippen LogP contribution is 2.30. The van der Waals surface area contributed by atoms with E-state index >= 15 is 0 Å². The van der Waals surface area contributed by atoms with Crippen LogP contribution in [0.25, 0.3) is 0 Å². The predicted molar refractivity (Wildman–Crippen MR) is 92.4 cm³/mol. The van der Waals surface area contributed by atoms with Crippen molar-refractivity contribution < 1.29 is 9.53 Å². The third-order valence-electron chi connectivity index (χ3n) is 4.08. The highest BCUT2D eigenvalue weighted by Gasteiger charge is 2.22. The van der Waals surface area contributed by atoms with Crippen LogP contribution in [-0.2, 0) is 4.79 Å². The van der Waals surface area contributed by atoms with Crippen molar-refractivity contribution in [2.24, 2.45) is 5.92 Å². The Kier molecular flexibility index (Phi) is 8.00. The number of carbonyl (C=O) groups is 1. The summed E-state index contributed by atoms with van der Waals surface area (Å²) in [6.45, 7) is 10.3. The molecular formula is C19H31NO2. The van der Waals surface area contributed by atoms with Crippen molar-refractivity contribution in [1.82, 2.24) is 4.90 Å². The molecule has 1 aromatic carbocycles. The molecule has 0 aromatic heterocycles. The molecule has 0 saturated heterocycles. The van der Waals surface area contributed by atoms with Gasteiger partial charge in [-0.25, -0.2) is 0 Å². The van der Waals surface area contributed by atoms with Crippen molar-refractivity contribution in [3.8, 4) is 5.75 Å². The quantitative estimate of drug-likeness (QED) is 0.673. The highest BCUT2D eigenvalue weighted by atomic mass is 16.5. The van der Waals surface area contributed by atoms with Crippen LogP contribution in [0.5, 0.6) is 5.75 Å². The third kappa shape index (κ3) is 5.36. The second kappa shape index (κ2) is 9.50. The summed E-state index contributed by atoms with van der Waals surface area (Å²) in [6.07, 6.45) is 2.62. The summed E-state index contributed by atoms with van der Waals surface area (Å²) >= 11 is 0. The maximum atomic E-state index is 12.6. The van der Waals surface area contributed by atoms with Gasteiger partial charge < -0.3 is 9.64 Å². The smallest absolute Gasteiger partial charge is 0.223 e. The van der Waals surface area contributed by atoms with Gasteiger partial charge in [-0.05, 0) is 42.4 Å². The molecule has 0 unspecified atom stereocenters. The minimum Gasteiger partial charge on any atom is -0.497 e. The van der Waals surface area contributed by atoms with Crippen molar-refractivity contribution in [3.63, 3.8) is 0 Å². The number of amides is 1. The first-order valence-electron chi connectivity index (χ1n) is 8.45. The van der Waals surface area contributed by atoms with Gasteiger partial charge in [0, 0.05) is 19.5 Å². The lowest BCUT2D eigenvalue weighted by Crippen LogP contribution is -2.34. The topological polar surface area (TPSA) is 29.5 Å². The summed E-state index contributed by atoms with van der Waals surface area (Å²) in [4.78, 5) is 14.6. The van der Waals surface area contributed by atoms with E-state index < -0.39 is 0 Å². The van der Waals surface area contributed by atoms with Gasteiger partial charge >= 0.3 is 0 Å². The molecule has 3 heteroatoms. The van der Waals surface area contributed by atoms with Crippen LogP contribution in [0.4, 0.5) is 0 Å². The molecular weight excluding hydrogens is 274 g/mol. The molecule has 0 bridgehead atoms. The summed E-state index contributed by atoms with van der Waals surface area (Å²) in [7, 11) is 1.67. The fourth-order valence-corrected chi connectivity index (χ4v) is 2.81. The van der Waals surface area contributed by atoms with E-state index in [9.17, 15) is 4.79 Å². The molecule has 124 valence electrons. The third-order valence-corrected chi connectivity index (χ3v) is 4.08. The first kappa shape index (κ1) is 18.5. The van der Waals surface area contributed by atoms with E-state index in [-0.39, 0.29) is 11.8 Å². The normalized spacial score (nSPS) is 12.3. The molecule has 0 spiro atoms. The zero-order chi connectivity index (χ0) is 16.5. The minimum atomic E-state index is 0.259. The van der Waals surface area contributed by atoms with E-state index in [2.05, 4.69) is 39.8 Å². The van der Waals surface area contributed by atoms with Gasteiger partial charge in [0.05, 0.1) is 7.11 Å². The summed E-state index contributed by atoms with van der Waals surface area (Å²) in [5, 5.41) is 0. The average Bonchev–Trinajstić information content (AvgIpc) is 2.52. The SMILES string of the molecule is CCCN(CCC)C(=O)C[C@@H](c1ccc(OC)cc1)C(C)C. The van der Waals surface area contributed by atoms with Crippen molar-refractivity contribution in [3.05, 3.63) is 29.8 Å². The van der Waals surface area contributed by atoms with Crippen LogP contribution in [0, 0.1) is 5.92 Å². The van der Waals surface area contributed by atoms with E-state index in [0.29, 0.717) is 12.3 Å². The number of benzene rings is 1. The van der Waals surface area contributed by atoms with Crippen LogP contribution in [-0.4, -0.2) is 31.0 Å². The van der Waals surface area contributed by atoms with Crippen molar-refractivity contribution in [1.29, 1.82) is 0 Å². The number of carbonyl (C=O) groups excluding carboxylic acids is 1. The molecule has 1 amide bonds. The second-order valence-corrected chi connectivity index (χ2v) is 6.21. The Morgan fingerprint density at radius 3 is 2.05 bits per heavy atom. The molecule has 1 atom stereocenters. The molecule has 22 heavy (non-hydrogen) atoms. The molecule has 0 aliphatic rings. The number of hydrogen-bond acceptors (Lipinski definition) is 2. The van der Waals surface area contributed by atoms with Gasteiger partial charge in [-0.3, -0.25) is 4.79 Å². The molecule has 0 N–H and O–H groups in total. The maximum Gasteiger partial charge on any atom is 0.223 e. The van der Waals surface area contributed by atoms with Gasteiger partial charge in [0.1, 0.15) is 5.75 Å². The monoisotopic (exact) mass is 305 g/mol. The first-order valence-corrected chi connectivity index (χ1v) is 8.45. The number of methoxy groups -OCH3 is 1. The summed E-state index contributed by atoms with van der Waals surface area (Å²) < 4.78 is 5.22. The van der Waals surface area contributed by atoms with Gasteiger partial charge in [-0.1, -0.05) is 39.8 Å². The van der Waals surface area contributed by atoms with Gasteiger partial charge in [0.2, 0.25) is 5.91 Å². The first-order chi connectivity index (χ1) is 10.5. The Morgan fingerprint density at radius 2 is 1.64 bits per heavy atom. The summed E-state index contributed by atoms with van der Waals surface area (Å²) in [6, 6.07) is 8.12. The lowest BCUT2D eigenvalue weighted by atomic mass is 9.85. The Bertz CT molecular complexity index is 433. The summed E-state index contributed by atoms with van der Waals surface area (Å²) in [5.74, 6) is 1.83. The molecule has 0 fully saturated rings. The standard InChI is InChI=1S/C19H31NO2/c1-6-12-20(13-7-2)19(21)14-18(15(3)4)16-8-10-17(22-5)11-9-16/h8-11,15,18H,6-7,12-14H2,1-5H3/t18-/m1/s1. The van der Waals surface area contributed by atoms with E-state index in [4.69, 9.17) is 4.74 Å². The van der Waals surface area contributed by atoms with Crippen molar-refractivity contribution in [2.75, 3.05) is 20.2 Å². The number of ether oxygens (including phenoxy) is 1. The van der Waals surface area contributed by atoms with E-state index in [0.717, 1.165) is 31.7 Å². The lowest BCUT2D eigenvalue weighted by Gasteiger charge is -2.27. The van der Waals surface area contributed by atoms with E-state index in [1.165, 1.54) is 5.56 Å². The van der Waals surface area contributed by atoms with Crippen LogP contribution in [0.2, 0.25) is 0 Å². The van der Waals surface area contributed by atoms with Crippen LogP contribution in [0.1, 0.15) is 58.4 Å². The van der Waals surface area contributed by atoms with Crippen LogP contribution < -0.4 is 4.74 Å². The highest BCUT2D eigenvalue weighted by molar-refractivity contribution is 5.77. The number of rotatable bonds is 9. The van der Waals surface area contributed by atoms with Gasteiger partial charge in [0.25, 0.3) is 0 Å². The second-order valence-electron chi connectivity index (χ2n) is 6.21. The number of nitrogens with zero attached hydrogens (tertiary/aromatic N) is 1. The molecule has 1 rings (SSSR count). The molecule has 0 heterocycles. The molecule has 0 aliphatic carbocycles. The summed E-state index contributed by atoms with van der Waals surface area (Å²) in [5.41, 5.74) is 1.22.